The molecule has 0 aromatic carbocycles. The predicted molar refractivity (Wildman–Crippen MR) is 69.6 cm³/mol. The molecule has 0 radical (unpaired) electrons. The minimum absolute atomic E-state index is 0.0792. The fourth-order valence-corrected chi connectivity index (χ4v) is 1.40. The summed E-state index contributed by atoms with van der Waals surface area (Å²) in [7, 11) is 0. The van der Waals surface area contributed by atoms with Crippen molar-refractivity contribution in [2.75, 3.05) is 13.1 Å². The van der Waals surface area contributed by atoms with Crippen molar-refractivity contribution >= 4 is 12.0 Å². The van der Waals surface area contributed by atoms with Gasteiger partial charge in [0.1, 0.15) is 5.76 Å². The van der Waals surface area contributed by atoms with E-state index in [1.807, 2.05) is 6.92 Å². The molecule has 0 aliphatic rings. The predicted octanol–water partition coefficient (Wildman–Crippen LogP) is 1.92. The van der Waals surface area contributed by atoms with Crippen LogP contribution in [0.15, 0.2) is 22.8 Å². The molecular formula is C13H20N2O4. The van der Waals surface area contributed by atoms with Crippen LogP contribution in [-0.4, -0.2) is 35.1 Å². The Morgan fingerprint density at radius 2 is 2.16 bits per heavy atom. The Morgan fingerprint density at radius 3 is 2.63 bits per heavy atom. The number of carboxylic acid groups (broad SMARTS) is 1. The zero-order valence-electron chi connectivity index (χ0n) is 11.5. The number of aliphatic carboxylic acids is 1. The summed E-state index contributed by atoms with van der Waals surface area (Å²) in [6.45, 7) is 5.94. The van der Waals surface area contributed by atoms with Crippen LogP contribution < -0.4 is 5.32 Å². The number of amides is 2. The third-order valence-electron chi connectivity index (χ3n) is 2.86. The average molecular weight is 268 g/mol. The van der Waals surface area contributed by atoms with Crippen LogP contribution in [0, 0.1) is 5.41 Å². The second kappa shape index (κ2) is 6.26. The third-order valence-corrected chi connectivity index (χ3v) is 2.86. The Labute approximate surface area is 112 Å². The monoisotopic (exact) mass is 268 g/mol. The van der Waals surface area contributed by atoms with Crippen molar-refractivity contribution in [3.63, 3.8) is 0 Å². The summed E-state index contributed by atoms with van der Waals surface area (Å²) in [5.74, 6) is -0.253. The number of rotatable bonds is 6. The van der Waals surface area contributed by atoms with Crippen molar-refractivity contribution in [3.05, 3.63) is 24.2 Å². The summed E-state index contributed by atoms with van der Waals surface area (Å²) in [6.07, 6.45) is 1.55. The largest absolute Gasteiger partial charge is 0.481 e. The van der Waals surface area contributed by atoms with Crippen LogP contribution in [0.3, 0.4) is 0 Å². The lowest BCUT2D eigenvalue weighted by Gasteiger charge is -2.24. The molecule has 2 amide bonds. The van der Waals surface area contributed by atoms with E-state index in [1.54, 1.807) is 37.1 Å². The zero-order valence-corrected chi connectivity index (χ0v) is 11.5. The van der Waals surface area contributed by atoms with Gasteiger partial charge >= 0.3 is 12.0 Å². The molecule has 0 bridgehead atoms. The molecule has 0 spiro atoms. The number of hydrogen-bond acceptors (Lipinski definition) is 3. The standard InChI is InChI=1S/C13H20N2O4/c1-4-15(8-10-6-5-7-19-10)12(18)14-9-13(2,3)11(16)17/h5-7H,4,8-9H2,1-3H3,(H,14,18)(H,16,17). The van der Waals surface area contributed by atoms with Crippen LogP contribution in [-0.2, 0) is 11.3 Å². The highest BCUT2D eigenvalue weighted by Gasteiger charge is 2.28. The SMILES string of the molecule is CCN(Cc1ccco1)C(=O)NCC(C)(C)C(=O)O. The van der Waals surface area contributed by atoms with Crippen LogP contribution in [0.25, 0.3) is 0 Å². The second-order valence-electron chi connectivity index (χ2n) is 4.94. The first-order valence-electron chi connectivity index (χ1n) is 6.15. The van der Waals surface area contributed by atoms with E-state index in [2.05, 4.69) is 5.32 Å². The van der Waals surface area contributed by atoms with Crippen molar-refractivity contribution in [1.82, 2.24) is 10.2 Å². The Kier molecular flexibility index (Phi) is 4.97. The molecule has 0 aliphatic heterocycles. The van der Waals surface area contributed by atoms with Crippen molar-refractivity contribution in [1.29, 1.82) is 0 Å². The maximum atomic E-state index is 11.9. The van der Waals surface area contributed by atoms with Gasteiger partial charge in [0.25, 0.3) is 0 Å². The van der Waals surface area contributed by atoms with Crippen LogP contribution in [0.4, 0.5) is 4.79 Å². The minimum atomic E-state index is -0.986. The highest BCUT2D eigenvalue weighted by Crippen LogP contribution is 2.13. The molecule has 6 nitrogen and oxygen atoms in total. The van der Waals surface area contributed by atoms with Gasteiger partial charge in [-0.3, -0.25) is 4.79 Å². The molecule has 1 heterocycles. The van der Waals surface area contributed by atoms with Crippen molar-refractivity contribution in [3.8, 4) is 0 Å². The van der Waals surface area contributed by atoms with Gasteiger partial charge in [0.15, 0.2) is 0 Å². The number of urea groups is 1. The average Bonchev–Trinajstić information content (AvgIpc) is 2.85. The van der Waals surface area contributed by atoms with Gasteiger partial charge in [-0.1, -0.05) is 0 Å². The van der Waals surface area contributed by atoms with Gasteiger partial charge in [0, 0.05) is 13.1 Å². The highest BCUT2D eigenvalue weighted by atomic mass is 16.4. The summed E-state index contributed by atoms with van der Waals surface area (Å²) in [5, 5.41) is 11.6. The van der Waals surface area contributed by atoms with E-state index in [1.165, 1.54) is 0 Å². The number of carbonyl (C=O) groups is 2. The topological polar surface area (TPSA) is 82.8 Å². The van der Waals surface area contributed by atoms with Gasteiger partial charge in [0.2, 0.25) is 0 Å². The maximum absolute atomic E-state index is 11.9. The first-order valence-corrected chi connectivity index (χ1v) is 6.15. The minimum Gasteiger partial charge on any atom is -0.481 e. The quantitative estimate of drug-likeness (QED) is 0.825. The summed E-state index contributed by atoms with van der Waals surface area (Å²) in [5.41, 5.74) is -0.986. The molecule has 0 saturated heterocycles. The molecule has 6 heteroatoms. The molecule has 1 rings (SSSR count). The maximum Gasteiger partial charge on any atom is 0.317 e. The summed E-state index contributed by atoms with van der Waals surface area (Å²) in [4.78, 5) is 24.5. The Morgan fingerprint density at radius 1 is 1.47 bits per heavy atom. The smallest absolute Gasteiger partial charge is 0.317 e. The fourth-order valence-electron chi connectivity index (χ4n) is 1.40. The molecule has 2 N–H and O–H groups in total. The number of nitrogens with zero attached hydrogens (tertiary/aromatic N) is 1. The molecule has 1 aromatic heterocycles. The first kappa shape index (κ1) is 15.1. The van der Waals surface area contributed by atoms with E-state index >= 15 is 0 Å². The summed E-state index contributed by atoms with van der Waals surface area (Å²) >= 11 is 0. The van der Waals surface area contributed by atoms with E-state index in [0.29, 0.717) is 18.8 Å². The van der Waals surface area contributed by atoms with Gasteiger partial charge < -0.3 is 19.7 Å². The molecule has 19 heavy (non-hydrogen) atoms. The molecule has 0 unspecified atom stereocenters. The molecule has 0 saturated carbocycles. The molecule has 106 valence electrons. The van der Waals surface area contributed by atoms with Crippen molar-refractivity contribution in [2.24, 2.45) is 5.41 Å². The van der Waals surface area contributed by atoms with E-state index in [-0.39, 0.29) is 12.6 Å². The van der Waals surface area contributed by atoms with E-state index in [9.17, 15) is 9.59 Å². The Hall–Kier alpha value is -1.98. The van der Waals surface area contributed by atoms with Gasteiger partial charge in [-0.15, -0.1) is 0 Å². The van der Waals surface area contributed by atoms with Crippen LogP contribution in [0.2, 0.25) is 0 Å². The van der Waals surface area contributed by atoms with E-state index < -0.39 is 11.4 Å². The fraction of sp³-hybridized carbons (Fsp3) is 0.538. The Bertz CT molecular complexity index is 426. The lowest BCUT2D eigenvalue weighted by atomic mass is 9.94. The van der Waals surface area contributed by atoms with Crippen molar-refractivity contribution < 1.29 is 19.1 Å². The van der Waals surface area contributed by atoms with Crippen LogP contribution in [0.1, 0.15) is 26.5 Å². The number of nitrogens with one attached hydrogen (secondary N) is 1. The lowest BCUT2D eigenvalue weighted by molar-refractivity contribution is -0.146. The molecule has 1 aromatic rings. The number of hydrogen-bond donors (Lipinski definition) is 2. The normalized spacial score (nSPS) is 11.1. The molecule has 0 aliphatic carbocycles. The number of furan rings is 1. The van der Waals surface area contributed by atoms with Crippen molar-refractivity contribution in [2.45, 2.75) is 27.3 Å². The summed E-state index contributed by atoms with van der Waals surface area (Å²) < 4.78 is 5.18. The van der Waals surface area contributed by atoms with Gasteiger partial charge in [-0.05, 0) is 32.9 Å². The first-order chi connectivity index (χ1) is 8.86. The number of carboxylic acids is 1. The van der Waals surface area contributed by atoms with E-state index in [0.717, 1.165) is 0 Å². The second-order valence-corrected chi connectivity index (χ2v) is 4.94. The zero-order chi connectivity index (χ0) is 14.5. The molecule has 0 atom stereocenters. The molecular weight excluding hydrogens is 248 g/mol. The Balaban J connectivity index is 2.53. The van der Waals surface area contributed by atoms with Crippen LogP contribution >= 0.6 is 0 Å². The lowest BCUT2D eigenvalue weighted by Crippen LogP contribution is -2.45. The van der Waals surface area contributed by atoms with Crippen LogP contribution in [0.5, 0.6) is 0 Å². The molecule has 0 fully saturated rings. The summed E-state index contributed by atoms with van der Waals surface area (Å²) in [6, 6.07) is 3.25. The third kappa shape index (κ3) is 4.31. The van der Waals surface area contributed by atoms with E-state index in [4.69, 9.17) is 9.52 Å². The van der Waals surface area contributed by atoms with Gasteiger partial charge in [0.05, 0.1) is 18.2 Å². The van der Waals surface area contributed by atoms with Gasteiger partial charge in [-0.25, -0.2) is 4.79 Å². The number of carbonyl (C=O) groups excluding carboxylic acids is 1. The van der Waals surface area contributed by atoms with Gasteiger partial charge in [-0.2, -0.15) is 0 Å². The highest BCUT2D eigenvalue weighted by molar-refractivity contribution is 5.77.